The van der Waals surface area contributed by atoms with Crippen LogP contribution in [0.25, 0.3) is 0 Å². The van der Waals surface area contributed by atoms with E-state index in [1.54, 1.807) is 6.92 Å². The van der Waals surface area contributed by atoms with Gasteiger partial charge in [0, 0.05) is 18.8 Å². The van der Waals surface area contributed by atoms with Gasteiger partial charge < -0.3 is 20.3 Å². The van der Waals surface area contributed by atoms with E-state index >= 15 is 0 Å². The monoisotopic (exact) mass is 407 g/mol. The smallest absolute Gasteiger partial charge is 0.378 e. The van der Waals surface area contributed by atoms with Gasteiger partial charge in [0.05, 0.1) is 30.2 Å². The Balaban J connectivity index is 1.80. The van der Waals surface area contributed by atoms with Crippen LogP contribution in [0.15, 0.2) is 42.5 Å². The average molecular weight is 407 g/mol. The highest BCUT2D eigenvalue weighted by molar-refractivity contribution is 5.99. The minimum Gasteiger partial charge on any atom is -0.378 e. The fourth-order valence-electron chi connectivity index (χ4n) is 3.10. The van der Waals surface area contributed by atoms with E-state index in [2.05, 4.69) is 10.6 Å². The maximum atomic E-state index is 13.2. The Morgan fingerprint density at radius 3 is 2.38 bits per heavy atom. The summed E-state index contributed by atoms with van der Waals surface area (Å²) in [4.78, 5) is 14.6. The summed E-state index contributed by atoms with van der Waals surface area (Å²) in [6.45, 7) is 5.69. The van der Waals surface area contributed by atoms with Crippen LogP contribution in [0.3, 0.4) is 0 Å². The molecule has 5 nitrogen and oxygen atoms in total. The molecule has 29 heavy (non-hydrogen) atoms. The number of nitrogens with zero attached hydrogens (tertiary/aromatic N) is 1. The number of alkyl halides is 3. The summed E-state index contributed by atoms with van der Waals surface area (Å²) in [5, 5.41) is 5.73. The lowest BCUT2D eigenvalue weighted by molar-refractivity contribution is -0.137. The van der Waals surface area contributed by atoms with Gasteiger partial charge in [0.25, 0.3) is 0 Å². The van der Waals surface area contributed by atoms with Crippen LogP contribution in [0.5, 0.6) is 0 Å². The molecule has 1 fully saturated rings. The third kappa shape index (κ3) is 5.41. The van der Waals surface area contributed by atoms with Crippen LogP contribution in [0.1, 0.15) is 18.1 Å². The van der Waals surface area contributed by atoms with Gasteiger partial charge in [-0.15, -0.1) is 0 Å². The minimum absolute atomic E-state index is 0.143. The lowest BCUT2D eigenvalue weighted by Gasteiger charge is -2.31. The summed E-state index contributed by atoms with van der Waals surface area (Å²) in [7, 11) is 0. The molecule has 0 bridgehead atoms. The Morgan fingerprint density at radius 1 is 1.10 bits per heavy atom. The van der Waals surface area contributed by atoms with Crippen LogP contribution in [-0.4, -0.2) is 38.3 Å². The number of carbonyl (C=O) groups excluding carboxylic acids is 1. The zero-order chi connectivity index (χ0) is 21.0. The second-order valence-electron chi connectivity index (χ2n) is 7.05. The van der Waals surface area contributed by atoms with Crippen LogP contribution in [0.2, 0.25) is 0 Å². The molecule has 0 unspecified atom stereocenters. The summed E-state index contributed by atoms with van der Waals surface area (Å²) in [6, 6.07) is 10.3. The van der Waals surface area contributed by atoms with Crippen molar-refractivity contribution in [3.8, 4) is 0 Å². The quantitative estimate of drug-likeness (QED) is 0.777. The molecule has 1 saturated heterocycles. The predicted molar refractivity (Wildman–Crippen MR) is 107 cm³/mol. The SMILES string of the molecule is Cc1ccc(N[C@H](C)C(=O)Nc2cc(C(F)(F)F)ccc2N2CCOCC2)cc1. The Kier molecular flexibility index (Phi) is 6.32. The summed E-state index contributed by atoms with van der Waals surface area (Å²) in [6.07, 6.45) is -4.49. The first-order chi connectivity index (χ1) is 13.7. The fourth-order valence-corrected chi connectivity index (χ4v) is 3.10. The van der Waals surface area contributed by atoms with Gasteiger partial charge >= 0.3 is 6.18 Å². The lowest BCUT2D eigenvalue weighted by atomic mass is 10.1. The van der Waals surface area contributed by atoms with E-state index in [9.17, 15) is 18.0 Å². The van der Waals surface area contributed by atoms with Crippen LogP contribution >= 0.6 is 0 Å². The molecule has 8 heteroatoms. The van der Waals surface area contributed by atoms with Gasteiger partial charge in [0.2, 0.25) is 5.91 Å². The zero-order valence-electron chi connectivity index (χ0n) is 16.3. The normalized spacial score (nSPS) is 15.7. The van der Waals surface area contributed by atoms with Crippen molar-refractivity contribution in [2.75, 3.05) is 41.8 Å². The van der Waals surface area contributed by atoms with Crippen LogP contribution < -0.4 is 15.5 Å². The number of amides is 1. The first-order valence-corrected chi connectivity index (χ1v) is 9.42. The number of nitrogens with one attached hydrogen (secondary N) is 2. The Hall–Kier alpha value is -2.74. The van der Waals surface area contributed by atoms with E-state index in [1.807, 2.05) is 36.1 Å². The van der Waals surface area contributed by atoms with Crippen LogP contribution in [0, 0.1) is 6.92 Å². The first kappa shape index (κ1) is 21.0. The molecule has 0 aromatic heterocycles. The fraction of sp³-hybridized carbons (Fsp3) is 0.381. The standard InChI is InChI=1S/C21H24F3N3O2/c1-14-3-6-17(7-4-14)25-15(2)20(28)26-18-13-16(21(22,23)24)5-8-19(18)27-9-11-29-12-10-27/h3-8,13,15,25H,9-12H2,1-2H3,(H,26,28)/t15-/m1/s1. The van der Waals surface area contributed by atoms with Crippen molar-refractivity contribution in [2.24, 2.45) is 0 Å². The van der Waals surface area contributed by atoms with Crippen molar-refractivity contribution >= 4 is 23.0 Å². The highest BCUT2D eigenvalue weighted by atomic mass is 19.4. The molecule has 1 heterocycles. The van der Waals surface area contributed by atoms with Crippen molar-refractivity contribution in [3.63, 3.8) is 0 Å². The topological polar surface area (TPSA) is 53.6 Å². The number of anilines is 3. The van der Waals surface area contributed by atoms with E-state index < -0.39 is 23.7 Å². The van der Waals surface area contributed by atoms with Crippen molar-refractivity contribution < 1.29 is 22.7 Å². The molecule has 3 rings (SSSR count). The molecule has 1 atom stereocenters. The summed E-state index contributed by atoms with van der Waals surface area (Å²) < 4.78 is 44.9. The number of halogens is 3. The molecule has 2 N–H and O–H groups in total. The summed E-state index contributed by atoms with van der Waals surface area (Å²) in [5.74, 6) is -0.417. The third-order valence-corrected chi connectivity index (χ3v) is 4.76. The Bertz CT molecular complexity index is 847. The van der Waals surface area contributed by atoms with Gasteiger partial charge in [-0.2, -0.15) is 13.2 Å². The van der Waals surface area contributed by atoms with Crippen molar-refractivity contribution in [1.29, 1.82) is 0 Å². The van der Waals surface area contributed by atoms with Gasteiger partial charge in [-0.05, 0) is 44.2 Å². The number of ether oxygens (including phenoxy) is 1. The number of aryl methyl sites for hydroxylation is 1. The predicted octanol–water partition coefficient (Wildman–Crippen LogP) is 4.29. The minimum atomic E-state index is -4.49. The van der Waals surface area contributed by atoms with Gasteiger partial charge in [-0.1, -0.05) is 17.7 Å². The van der Waals surface area contributed by atoms with E-state index in [1.165, 1.54) is 6.07 Å². The van der Waals surface area contributed by atoms with E-state index in [4.69, 9.17) is 4.74 Å². The molecular formula is C21H24F3N3O2. The van der Waals surface area contributed by atoms with Crippen molar-refractivity contribution in [2.45, 2.75) is 26.1 Å². The number of hydrogen-bond acceptors (Lipinski definition) is 4. The van der Waals surface area contributed by atoms with Crippen molar-refractivity contribution in [3.05, 3.63) is 53.6 Å². The van der Waals surface area contributed by atoms with Gasteiger partial charge in [0.1, 0.15) is 6.04 Å². The van der Waals surface area contributed by atoms with Gasteiger partial charge in [0.15, 0.2) is 0 Å². The molecule has 1 aliphatic heterocycles. The Labute approximate surface area is 167 Å². The highest BCUT2D eigenvalue weighted by Gasteiger charge is 2.32. The van der Waals surface area contributed by atoms with E-state index in [0.717, 1.165) is 23.4 Å². The number of morpholine rings is 1. The number of benzene rings is 2. The summed E-state index contributed by atoms with van der Waals surface area (Å²) in [5.41, 5.74) is 1.74. The van der Waals surface area contributed by atoms with E-state index in [0.29, 0.717) is 32.0 Å². The largest absolute Gasteiger partial charge is 0.416 e. The molecule has 0 radical (unpaired) electrons. The highest BCUT2D eigenvalue weighted by Crippen LogP contribution is 2.36. The Morgan fingerprint density at radius 2 is 1.76 bits per heavy atom. The van der Waals surface area contributed by atoms with Crippen LogP contribution in [-0.2, 0) is 15.7 Å². The molecule has 1 amide bonds. The zero-order valence-corrected chi connectivity index (χ0v) is 16.3. The van der Waals surface area contributed by atoms with Crippen LogP contribution in [0.4, 0.5) is 30.2 Å². The van der Waals surface area contributed by atoms with E-state index in [-0.39, 0.29) is 5.69 Å². The summed E-state index contributed by atoms with van der Waals surface area (Å²) >= 11 is 0. The molecular weight excluding hydrogens is 383 g/mol. The van der Waals surface area contributed by atoms with Gasteiger partial charge in [-0.25, -0.2) is 0 Å². The average Bonchev–Trinajstić information content (AvgIpc) is 2.69. The van der Waals surface area contributed by atoms with Crippen molar-refractivity contribution in [1.82, 2.24) is 0 Å². The third-order valence-electron chi connectivity index (χ3n) is 4.76. The lowest BCUT2D eigenvalue weighted by Crippen LogP contribution is -2.37. The van der Waals surface area contributed by atoms with Gasteiger partial charge in [-0.3, -0.25) is 4.79 Å². The maximum Gasteiger partial charge on any atom is 0.416 e. The molecule has 156 valence electrons. The molecule has 2 aromatic rings. The number of rotatable bonds is 5. The maximum absolute atomic E-state index is 13.2. The molecule has 0 spiro atoms. The molecule has 1 aliphatic rings. The molecule has 2 aromatic carbocycles. The molecule has 0 saturated carbocycles. The second-order valence-corrected chi connectivity index (χ2v) is 7.05. The second kappa shape index (κ2) is 8.73. The first-order valence-electron chi connectivity index (χ1n) is 9.42. The molecule has 0 aliphatic carbocycles. The number of hydrogen-bond donors (Lipinski definition) is 2. The number of carbonyl (C=O) groups is 1.